The second kappa shape index (κ2) is 4.11. The molecule has 0 spiro atoms. The molecule has 15 heavy (non-hydrogen) atoms. The molecule has 0 amide bonds. The van der Waals surface area contributed by atoms with Crippen molar-refractivity contribution in [3.8, 4) is 0 Å². The molecule has 0 unspecified atom stereocenters. The molecule has 0 aromatic carbocycles. The molecule has 1 aromatic heterocycles. The quantitative estimate of drug-likeness (QED) is 0.795. The van der Waals surface area contributed by atoms with Crippen LogP contribution in [0.2, 0.25) is 0 Å². The summed E-state index contributed by atoms with van der Waals surface area (Å²) in [5, 5.41) is 9.53. The first-order chi connectivity index (χ1) is 7.27. The van der Waals surface area contributed by atoms with Crippen molar-refractivity contribution in [1.29, 1.82) is 0 Å². The normalized spacial score (nSPS) is 20.2. The summed E-state index contributed by atoms with van der Waals surface area (Å²) in [5.41, 5.74) is 0.634. The highest BCUT2D eigenvalue weighted by Crippen LogP contribution is 2.36. The summed E-state index contributed by atoms with van der Waals surface area (Å²) in [5.74, 6) is 0.301. The Balaban J connectivity index is 2.26. The molecule has 0 radical (unpaired) electrons. The smallest absolute Gasteiger partial charge is 0.132 e. The van der Waals surface area contributed by atoms with Gasteiger partial charge in [0.05, 0.1) is 6.61 Å². The average molecular weight is 205 g/mol. The van der Waals surface area contributed by atoms with Gasteiger partial charge in [-0.2, -0.15) is 0 Å². The number of hydrogen-bond donors (Lipinski definition) is 1. The molecule has 1 fully saturated rings. The molecule has 1 N–H and O–H groups in total. The number of nitrogens with zero attached hydrogens (tertiary/aromatic N) is 1. The second-order valence-corrected chi connectivity index (χ2v) is 4.19. The minimum Gasteiger partial charge on any atom is -0.395 e. The molecular weight excluding hydrogens is 190 g/mol. The van der Waals surface area contributed by atoms with E-state index in [4.69, 9.17) is 0 Å². The fourth-order valence-corrected chi connectivity index (χ4v) is 2.18. The summed E-state index contributed by atoms with van der Waals surface area (Å²) in [6.07, 6.45) is 4.32. The molecule has 0 atom stereocenters. The number of rotatable bonds is 2. The minimum absolute atomic E-state index is 0.0806. The number of aliphatic hydroxyl groups is 1. The number of Topliss-reactive ketones (excluding diaryl/α,β-unsaturated/α-hetero) is 1. The van der Waals surface area contributed by atoms with E-state index in [0.29, 0.717) is 18.6 Å². The topological polar surface area (TPSA) is 50.2 Å². The maximum atomic E-state index is 11.2. The van der Waals surface area contributed by atoms with Crippen LogP contribution >= 0.6 is 0 Å². The lowest BCUT2D eigenvalue weighted by Crippen LogP contribution is -2.36. The molecule has 1 aliphatic rings. The molecule has 1 saturated carbocycles. The van der Waals surface area contributed by atoms with Crippen molar-refractivity contribution in [3.63, 3.8) is 0 Å². The summed E-state index contributed by atoms with van der Waals surface area (Å²) in [4.78, 5) is 15.5. The molecule has 3 nitrogen and oxygen atoms in total. The highest BCUT2D eigenvalue weighted by atomic mass is 16.3. The number of ketones is 1. The number of aliphatic hydroxyl groups excluding tert-OH is 1. The van der Waals surface area contributed by atoms with E-state index in [-0.39, 0.29) is 12.0 Å². The maximum Gasteiger partial charge on any atom is 0.132 e. The monoisotopic (exact) mass is 205 g/mol. The Morgan fingerprint density at radius 3 is 2.60 bits per heavy atom. The molecule has 0 saturated heterocycles. The van der Waals surface area contributed by atoms with Crippen LogP contribution in [0.1, 0.15) is 31.4 Å². The highest BCUT2D eigenvalue weighted by Gasteiger charge is 2.36. The Kier molecular flexibility index (Phi) is 2.82. The van der Waals surface area contributed by atoms with Crippen LogP contribution in [-0.4, -0.2) is 22.5 Å². The van der Waals surface area contributed by atoms with Gasteiger partial charge in [-0.25, -0.2) is 0 Å². The van der Waals surface area contributed by atoms with Crippen LogP contribution in [0.4, 0.5) is 0 Å². The van der Waals surface area contributed by atoms with E-state index in [9.17, 15) is 9.90 Å². The predicted molar refractivity (Wildman–Crippen MR) is 56.5 cm³/mol. The third-order valence-electron chi connectivity index (χ3n) is 3.28. The molecule has 1 aliphatic carbocycles. The van der Waals surface area contributed by atoms with Crippen LogP contribution in [0, 0.1) is 0 Å². The second-order valence-electron chi connectivity index (χ2n) is 4.19. The molecule has 1 heterocycles. The Labute approximate surface area is 89.2 Å². The summed E-state index contributed by atoms with van der Waals surface area (Å²) < 4.78 is 0. The van der Waals surface area contributed by atoms with Gasteiger partial charge in [-0.3, -0.25) is 9.78 Å². The third kappa shape index (κ3) is 1.92. The number of hydrogen-bond acceptors (Lipinski definition) is 3. The lowest BCUT2D eigenvalue weighted by atomic mass is 9.72. The van der Waals surface area contributed by atoms with Gasteiger partial charge in [0, 0.05) is 30.1 Å². The zero-order valence-electron chi connectivity index (χ0n) is 8.65. The standard InChI is InChI=1S/C12H15NO2/c14-9-12(6-4-10(15)5-7-12)11-3-1-2-8-13-11/h1-3,8,14H,4-7,9H2. The first kappa shape index (κ1) is 10.3. The molecule has 80 valence electrons. The lowest BCUT2D eigenvalue weighted by Gasteiger charge is -2.34. The fraction of sp³-hybridized carbons (Fsp3) is 0.500. The molecule has 1 aromatic rings. The largest absolute Gasteiger partial charge is 0.395 e. The number of pyridine rings is 1. The Hall–Kier alpha value is -1.22. The average Bonchev–Trinajstić information content (AvgIpc) is 2.32. The van der Waals surface area contributed by atoms with Crippen LogP contribution in [0.25, 0.3) is 0 Å². The zero-order chi connectivity index (χ0) is 10.7. The van der Waals surface area contributed by atoms with Gasteiger partial charge in [0.15, 0.2) is 0 Å². The van der Waals surface area contributed by atoms with Crippen molar-refractivity contribution >= 4 is 5.78 Å². The number of carbonyl (C=O) groups is 1. The zero-order valence-corrected chi connectivity index (χ0v) is 8.65. The van der Waals surface area contributed by atoms with Crippen molar-refractivity contribution in [3.05, 3.63) is 30.1 Å². The van der Waals surface area contributed by atoms with Crippen molar-refractivity contribution in [1.82, 2.24) is 4.98 Å². The molecule has 0 bridgehead atoms. The summed E-state index contributed by atoms with van der Waals surface area (Å²) >= 11 is 0. The van der Waals surface area contributed by atoms with E-state index < -0.39 is 0 Å². The van der Waals surface area contributed by atoms with Gasteiger partial charge >= 0.3 is 0 Å². The minimum atomic E-state index is -0.283. The molecular formula is C12H15NO2. The lowest BCUT2D eigenvalue weighted by molar-refractivity contribution is -0.121. The summed E-state index contributed by atoms with van der Waals surface area (Å²) in [6, 6.07) is 5.73. The van der Waals surface area contributed by atoms with Gasteiger partial charge in [0.25, 0.3) is 0 Å². The van der Waals surface area contributed by atoms with Crippen molar-refractivity contribution in [2.75, 3.05) is 6.61 Å². The van der Waals surface area contributed by atoms with E-state index in [2.05, 4.69) is 4.98 Å². The van der Waals surface area contributed by atoms with Gasteiger partial charge < -0.3 is 5.11 Å². The Morgan fingerprint density at radius 1 is 1.33 bits per heavy atom. The van der Waals surface area contributed by atoms with Crippen LogP contribution < -0.4 is 0 Å². The summed E-state index contributed by atoms with van der Waals surface area (Å²) in [6.45, 7) is 0.0806. The van der Waals surface area contributed by atoms with E-state index in [0.717, 1.165) is 18.5 Å². The first-order valence-electron chi connectivity index (χ1n) is 5.31. The van der Waals surface area contributed by atoms with E-state index >= 15 is 0 Å². The Bertz CT molecular complexity index is 338. The fourth-order valence-electron chi connectivity index (χ4n) is 2.18. The predicted octanol–water partition coefficient (Wildman–Crippen LogP) is 1.45. The van der Waals surface area contributed by atoms with Gasteiger partial charge in [-0.1, -0.05) is 6.07 Å². The van der Waals surface area contributed by atoms with Crippen LogP contribution in [0.3, 0.4) is 0 Å². The number of aromatic nitrogens is 1. The van der Waals surface area contributed by atoms with Gasteiger partial charge in [0.2, 0.25) is 0 Å². The number of carbonyl (C=O) groups excluding carboxylic acids is 1. The van der Waals surface area contributed by atoms with Crippen LogP contribution in [-0.2, 0) is 10.2 Å². The van der Waals surface area contributed by atoms with Crippen molar-refractivity contribution in [2.24, 2.45) is 0 Å². The van der Waals surface area contributed by atoms with Crippen LogP contribution in [0.15, 0.2) is 24.4 Å². The molecule has 3 heteroatoms. The first-order valence-corrected chi connectivity index (χ1v) is 5.31. The Morgan fingerprint density at radius 2 is 2.07 bits per heavy atom. The van der Waals surface area contributed by atoms with Gasteiger partial charge in [0.1, 0.15) is 5.78 Å². The highest BCUT2D eigenvalue weighted by molar-refractivity contribution is 5.79. The molecule has 0 aliphatic heterocycles. The maximum absolute atomic E-state index is 11.2. The van der Waals surface area contributed by atoms with E-state index in [1.54, 1.807) is 6.20 Å². The van der Waals surface area contributed by atoms with Gasteiger partial charge in [-0.05, 0) is 25.0 Å². The van der Waals surface area contributed by atoms with E-state index in [1.165, 1.54) is 0 Å². The third-order valence-corrected chi connectivity index (χ3v) is 3.28. The van der Waals surface area contributed by atoms with Crippen molar-refractivity contribution < 1.29 is 9.90 Å². The van der Waals surface area contributed by atoms with Gasteiger partial charge in [-0.15, -0.1) is 0 Å². The summed E-state index contributed by atoms with van der Waals surface area (Å²) in [7, 11) is 0. The molecule has 2 rings (SSSR count). The van der Waals surface area contributed by atoms with E-state index in [1.807, 2.05) is 18.2 Å². The van der Waals surface area contributed by atoms with Crippen LogP contribution in [0.5, 0.6) is 0 Å². The SMILES string of the molecule is O=C1CCC(CO)(c2ccccn2)CC1. The van der Waals surface area contributed by atoms with Crippen molar-refractivity contribution in [2.45, 2.75) is 31.1 Å².